The highest BCUT2D eigenvalue weighted by atomic mass is 16.5. The van der Waals surface area contributed by atoms with Crippen LogP contribution >= 0.6 is 0 Å². The first-order chi connectivity index (χ1) is 11.8. The molecule has 6 heteroatoms. The maximum absolute atomic E-state index is 12.2. The summed E-state index contributed by atoms with van der Waals surface area (Å²) in [5, 5.41) is 0. The number of hydrogen-bond acceptors (Lipinski definition) is 5. The van der Waals surface area contributed by atoms with Crippen LogP contribution in [0.15, 0.2) is 24.3 Å². The first-order valence-electron chi connectivity index (χ1n) is 8.18. The Labute approximate surface area is 149 Å². The standard InChI is InChI=1S/C19H27NO5/c1-13(2)20(14(3)4)18(21)12-25-19(22)10-7-15-11-16(23-5)8-9-17(15)24-6/h7-11,13-14H,12H2,1-6H3/b10-7+. The van der Waals surface area contributed by atoms with Crippen LogP contribution in [0.4, 0.5) is 0 Å². The van der Waals surface area contributed by atoms with Gasteiger partial charge in [-0.3, -0.25) is 4.79 Å². The summed E-state index contributed by atoms with van der Waals surface area (Å²) < 4.78 is 15.4. The lowest BCUT2D eigenvalue weighted by atomic mass is 10.1. The summed E-state index contributed by atoms with van der Waals surface area (Å²) in [5.41, 5.74) is 0.677. The molecule has 138 valence electrons. The zero-order valence-corrected chi connectivity index (χ0v) is 15.7. The lowest BCUT2D eigenvalue weighted by Gasteiger charge is -2.30. The van der Waals surface area contributed by atoms with Crippen molar-refractivity contribution in [3.63, 3.8) is 0 Å². The summed E-state index contributed by atoms with van der Waals surface area (Å²) in [6.45, 7) is 7.42. The van der Waals surface area contributed by atoms with E-state index in [1.165, 1.54) is 6.08 Å². The summed E-state index contributed by atoms with van der Waals surface area (Å²) in [4.78, 5) is 25.7. The van der Waals surface area contributed by atoms with E-state index in [-0.39, 0.29) is 24.6 Å². The van der Waals surface area contributed by atoms with Gasteiger partial charge in [-0.25, -0.2) is 4.79 Å². The average Bonchev–Trinajstić information content (AvgIpc) is 2.57. The van der Waals surface area contributed by atoms with Crippen molar-refractivity contribution in [2.75, 3.05) is 20.8 Å². The predicted octanol–water partition coefficient (Wildman–Crippen LogP) is 2.91. The lowest BCUT2D eigenvalue weighted by Crippen LogP contribution is -2.44. The SMILES string of the molecule is COc1ccc(OC)c(/C=C/C(=O)OCC(=O)N(C(C)C)C(C)C)c1. The molecule has 0 aromatic heterocycles. The molecule has 0 radical (unpaired) electrons. The molecule has 0 fully saturated rings. The molecular formula is C19H27NO5. The molecule has 0 aliphatic rings. The Kier molecular flexibility index (Phi) is 7.98. The molecule has 0 aliphatic heterocycles. The predicted molar refractivity (Wildman–Crippen MR) is 96.7 cm³/mol. The van der Waals surface area contributed by atoms with E-state index in [4.69, 9.17) is 14.2 Å². The molecule has 0 spiro atoms. The second-order valence-corrected chi connectivity index (χ2v) is 6.04. The van der Waals surface area contributed by atoms with Crippen molar-refractivity contribution in [2.24, 2.45) is 0 Å². The smallest absolute Gasteiger partial charge is 0.331 e. The summed E-state index contributed by atoms with van der Waals surface area (Å²) in [5.74, 6) is 0.441. The van der Waals surface area contributed by atoms with Crippen LogP contribution in [0.3, 0.4) is 0 Å². The zero-order valence-electron chi connectivity index (χ0n) is 15.7. The molecule has 1 aromatic rings. The van der Waals surface area contributed by atoms with Gasteiger partial charge in [-0.05, 0) is 52.0 Å². The fourth-order valence-electron chi connectivity index (χ4n) is 2.56. The number of carbonyl (C=O) groups is 2. The van der Waals surface area contributed by atoms with Crippen molar-refractivity contribution in [3.8, 4) is 11.5 Å². The van der Waals surface area contributed by atoms with E-state index >= 15 is 0 Å². The van der Waals surface area contributed by atoms with Crippen molar-refractivity contribution in [2.45, 2.75) is 39.8 Å². The number of amides is 1. The van der Waals surface area contributed by atoms with Crippen molar-refractivity contribution in [1.82, 2.24) is 4.90 Å². The summed E-state index contributed by atoms with van der Waals surface area (Å²) in [6, 6.07) is 5.34. The summed E-state index contributed by atoms with van der Waals surface area (Å²) >= 11 is 0. The van der Waals surface area contributed by atoms with Gasteiger partial charge < -0.3 is 19.1 Å². The van der Waals surface area contributed by atoms with E-state index in [1.807, 2.05) is 27.7 Å². The van der Waals surface area contributed by atoms with E-state index in [0.717, 1.165) is 0 Å². The fourth-order valence-corrected chi connectivity index (χ4v) is 2.56. The highest BCUT2D eigenvalue weighted by Crippen LogP contribution is 2.25. The van der Waals surface area contributed by atoms with Gasteiger partial charge in [0.05, 0.1) is 14.2 Å². The Morgan fingerprint density at radius 2 is 1.72 bits per heavy atom. The van der Waals surface area contributed by atoms with Gasteiger partial charge in [0, 0.05) is 23.7 Å². The molecule has 0 bridgehead atoms. The molecule has 0 atom stereocenters. The van der Waals surface area contributed by atoms with Crippen molar-refractivity contribution >= 4 is 18.0 Å². The third-order valence-corrected chi connectivity index (χ3v) is 3.57. The Balaban J connectivity index is 2.71. The molecule has 0 saturated carbocycles. The quantitative estimate of drug-likeness (QED) is 0.533. The van der Waals surface area contributed by atoms with E-state index in [2.05, 4.69) is 0 Å². The van der Waals surface area contributed by atoms with Gasteiger partial charge in [0.15, 0.2) is 6.61 Å². The van der Waals surface area contributed by atoms with E-state index in [9.17, 15) is 9.59 Å². The lowest BCUT2D eigenvalue weighted by molar-refractivity contribution is -0.150. The molecule has 1 amide bonds. The van der Waals surface area contributed by atoms with Gasteiger partial charge in [0.25, 0.3) is 5.91 Å². The summed E-state index contributed by atoms with van der Waals surface area (Å²) in [7, 11) is 3.10. The topological polar surface area (TPSA) is 65.1 Å². The van der Waals surface area contributed by atoms with Crippen molar-refractivity contribution in [1.29, 1.82) is 0 Å². The molecule has 0 unspecified atom stereocenters. The molecule has 25 heavy (non-hydrogen) atoms. The monoisotopic (exact) mass is 349 g/mol. The second-order valence-electron chi connectivity index (χ2n) is 6.04. The Morgan fingerprint density at radius 3 is 2.24 bits per heavy atom. The van der Waals surface area contributed by atoms with Gasteiger partial charge in [-0.15, -0.1) is 0 Å². The zero-order chi connectivity index (χ0) is 19.0. The summed E-state index contributed by atoms with van der Waals surface area (Å²) in [6.07, 6.45) is 2.83. The van der Waals surface area contributed by atoms with Crippen molar-refractivity contribution < 1.29 is 23.8 Å². The van der Waals surface area contributed by atoms with Gasteiger partial charge in [0.1, 0.15) is 11.5 Å². The first-order valence-corrected chi connectivity index (χ1v) is 8.18. The van der Waals surface area contributed by atoms with Gasteiger partial charge >= 0.3 is 5.97 Å². The Morgan fingerprint density at radius 1 is 1.08 bits per heavy atom. The molecule has 0 heterocycles. The largest absolute Gasteiger partial charge is 0.497 e. The van der Waals surface area contributed by atoms with E-state index in [1.54, 1.807) is 43.4 Å². The van der Waals surface area contributed by atoms with Crippen LogP contribution in [0.2, 0.25) is 0 Å². The number of methoxy groups -OCH3 is 2. The van der Waals surface area contributed by atoms with E-state index < -0.39 is 5.97 Å². The van der Waals surface area contributed by atoms with Crippen LogP contribution in [0, 0.1) is 0 Å². The maximum Gasteiger partial charge on any atom is 0.331 e. The van der Waals surface area contributed by atoms with Gasteiger partial charge in [-0.1, -0.05) is 0 Å². The maximum atomic E-state index is 12.2. The number of esters is 1. The second kappa shape index (κ2) is 9.71. The molecule has 1 aromatic carbocycles. The van der Waals surface area contributed by atoms with Crippen LogP contribution in [0.25, 0.3) is 6.08 Å². The van der Waals surface area contributed by atoms with Crippen LogP contribution in [-0.2, 0) is 14.3 Å². The van der Waals surface area contributed by atoms with Crippen LogP contribution in [0.1, 0.15) is 33.3 Å². The minimum Gasteiger partial charge on any atom is -0.497 e. The minimum absolute atomic E-state index is 0.0442. The first kappa shape index (κ1) is 20.5. The minimum atomic E-state index is -0.592. The van der Waals surface area contributed by atoms with Gasteiger partial charge in [-0.2, -0.15) is 0 Å². The molecule has 0 saturated heterocycles. The Bertz CT molecular complexity index is 614. The highest BCUT2D eigenvalue weighted by molar-refractivity contribution is 5.89. The highest BCUT2D eigenvalue weighted by Gasteiger charge is 2.20. The van der Waals surface area contributed by atoms with Crippen LogP contribution < -0.4 is 9.47 Å². The van der Waals surface area contributed by atoms with Crippen LogP contribution in [-0.4, -0.2) is 49.7 Å². The molecular weight excluding hydrogens is 322 g/mol. The number of hydrogen-bond donors (Lipinski definition) is 0. The number of ether oxygens (including phenoxy) is 3. The number of carbonyl (C=O) groups excluding carboxylic acids is 2. The van der Waals surface area contributed by atoms with Crippen LogP contribution in [0.5, 0.6) is 11.5 Å². The molecule has 0 aliphatic carbocycles. The van der Waals surface area contributed by atoms with E-state index in [0.29, 0.717) is 17.1 Å². The third kappa shape index (κ3) is 6.14. The molecule has 1 rings (SSSR count). The average molecular weight is 349 g/mol. The number of rotatable bonds is 8. The normalized spacial score (nSPS) is 11.0. The molecule has 0 N–H and O–H groups in total. The molecule has 6 nitrogen and oxygen atoms in total. The number of benzene rings is 1. The Hall–Kier alpha value is -2.50. The fraction of sp³-hybridized carbons (Fsp3) is 0.474. The number of nitrogens with zero attached hydrogens (tertiary/aromatic N) is 1. The van der Waals surface area contributed by atoms with Crippen molar-refractivity contribution in [3.05, 3.63) is 29.8 Å². The third-order valence-electron chi connectivity index (χ3n) is 3.57. The van der Waals surface area contributed by atoms with Gasteiger partial charge in [0.2, 0.25) is 0 Å².